The fraction of sp³-hybridized carbons (Fsp3) is 0.200. The lowest BCUT2D eigenvalue weighted by molar-refractivity contribution is 0.256. The molecule has 2 rings (SSSR count). The van der Waals surface area contributed by atoms with Crippen LogP contribution in [-0.2, 0) is 13.2 Å². The van der Waals surface area contributed by atoms with Crippen molar-refractivity contribution >= 4 is 0 Å². The highest BCUT2D eigenvalue weighted by molar-refractivity contribution is 5.40. The summed E-state index contributed by atoms with van der Waals surface area (Å²) >= 11 is 0. The molecule has 0 heterocycles. The van der Waals surface area contributed by atoms with Crippen LogP contribution in [0.5, 0.6) is 11.5 Å². The summed E-state index contributed by atoms with van der Waals surface area (Å²) < 4.78 is 36.7. The van der Waals surface area contributed by atoms with Gasteiger partial charge >= 0.3 is 0 Å². The average Bonchev–Trinajstić information content (AvgIpc) is 2.46. The summed E-state index contributed by atoms with van der Waals surface area (Å²) in [4.78, 5) is 0. The first-order valence-electron chi connectivity index (χ1n) is 5.98. The molecule has 0 atom stereocenters. The zero-order valence-electron chi connectivity index (χ0n) is 10.9. The Labute approximate surface area is 115 Å². The zero-order valence-corrected chi connectivity index (χ0v) is 10.9. The van der Waals surface area contributed by atoms with Crippen molar-refractivity contribution in [3.63, 3.8) is 0 Å². The molecule has 0 radical (unpaired) electrons. The molecule has 0 aliphatic carbocycles. The third-order valence-corrected chi connectivity index (χ3v) is 2.84. The number of aliphatic hydroxyl groups is 1. The van der Waals surface area contributed by atoms with E-state index in [-0.39, 0.29) is 18.8 Å². The number of hydrogen-bond acceptors (Lipinski definition) is 3. The first-order chi connectivity index (χ1) is 9.63. The Kier molecular flexibility index (Phi) is 4.53. The molecule has 20 heavy (non-hydrogen) atoms. The number of methoxy groups -OCH3 is 1. The summed E-state index contributed by atoms with van der Waals surface area (Å²) in [5, 5.41) is 9.27. The van der Waals surface area contributed by atoms with E-state index in [9.17, 15) is 13.9 Å². The van der Waals surface area contributed by atoms with Crippen LogP contribution in [0.15, 0.2) is 36.4 Å². The Morgan fingerprint density at radius 1 is 1.05 bits per heavy atom. The smallest absolute Gasteiger partial charge is 0.132 e. The summed E-state index contributed by atoms with van der Waals surface area (Å²) in [6.45, 7) is -0.274. The summed E-state index contributed by atoms with van der Waals surface area (Å²) in [7, 11) is 1.52. The van der Waals surface area contributed by atoms with Gasteiger partial charge in [0.25, 0.3) is 0 Å². The van der Waals surface area contributed by atoms with Crippen molar-refractivity contribution in [2.75, 3.05) is 7.11 Å². The minimum Gasteiger partial charge on any atom is -0.497 e. The van der Waals surface area contributed by atoms with E-state index in [2.05, 4.69) is 0 Å². The maximum Gasteiger partial charge on any atom is 0.132 e. The lowest BCUT2D eigenvalue weighted by Gasteiger charge is -2.12. The molecule has 0 unspecified atom stereocenters. The topological polar surface area (TPSA) is 38.7 Å². The average molecular weight is 280 g/mol. The van der Waals surface area contributed by atoms with Crippen LogP contribution in [0.2, 0.25) is 0 Å². The van der Waals surface area contributed by atoms with Gasteiger partial charge in [0, 0.05) is 17.2 Å². The molecule has 1 N–H and O–H groups in total. The number of halogens is 2. The first kappa shape index (κ1) is 14.3. The van der Waals surface area contributed by atoms with Gasteiger partial charge < -0.3 is 14.6 Å². The third-order valence-electron chi connectivity index (χ3n) is 2.84. The van der Waals surface area contributed by atoms with Crippen LogP contribution in [0.4, 0.5) is 8.78 Å². The SMILES string of the molecule is COc1ccc(OCc2ccc(F)cc2F)c(CO)c1. The number of benzene rings is 2. The molecule has 0 saturated heterocycles. The molecule has 0 aliphatic rings. The minimum atomic E-state index is -0.663. The predicted octanol–water partition coefficient (Wildman–Crippen LogP) is 3.04. The summed E-state index contributed by atoms with van der Waals surface area (Å²) in [6, 6.07) is 8.24. The van der Waals surface area contributed by atoms with Crippen molar-refractivity contribution < 1.29 is 23.4 Å². The van der Waals surface area contributed by atoms with E-state index in [1.54, 1.807) is 18.2 Å². The normalized spacial score (nSPS) is 10.4. The molecule has 3 nitrogen and oxygen atoms in total. The molecule has 0 fully saturated rings. The molecular weight excluding hydrogens is 266 g/mol. The highest BCUT2D eigenvalue weighted by Crippen LogP contribution is 2.25. The number of rotatable bonds is 5. The van der Waals surface area contributed by atoms with Crippen molar-refractivity contribution in [3.05, 3.63) is 59.2 Å². The van der Waals surface area contributed by atoms with Gasteiger partial charge in [0.2, 0.25) is 0 Å². The number of aliphatic hydroxyl groups excluding tert-OH is 1. The van der Waals surface area contributed by atoms with Crippen molar-refractivity contribution in [3.8, 4) is 11.5 Å². The lowest BCUT2D eigenvalue weighted by Crippen LogP contribution is -2.01. The molecule has 0 saturated carbocycles. The van der Waals surface area contributed by atoms with Gasteiger partial charge in [0.1, 0.15) is 29.7 Å². The second kappa shape index (κ2) is 6.34. The molecule has 0 spiro atoms. The van der Waals surface area contributed by atoms with E-state index >= 15 is 0 Å². The van der Waals surface area contributed by atoms with Gasteiger partial charge in [-0.15, -0.1) is 0 Å². The van der Waals surface area contributed by atoms with Crippen molar-refractivity contribution in [2.24, 2.45) is 0 Å². The lowest BCUT2D eigenvalue weighted by atomic mass is 10.2. The van der Waals surface area contributed by atoms with Crippen molar-refractivity contribution in [2.45, 2.75) is 13.2 Å². The Morgan fingerprint density at radius 3 is 2.50 bits per heavy atom. The van der Waals surface area contributed by atoms with E-state index in [0.29, 0.717) is 17.1 Å². The first-order valence-corrected chi connectivity index (χ1v) is 5.98. The molecule has 0 amide bonds. The molecule has 2 aromatic carbocycles. The minimum absolute atomic E-state index is 0.0502. The fourth-order valence-electron chi connectivity index (χ4n) is 1.74. The van der Waals surface area contributed by atoms with E-state index in [1.165, 1.54) is 19.2 Å². The Morgan fingerprint density at radius 2 is 1.85 bits per heavy atom. The van der Waals surface area contributed by atoms with E-state index < -0.39 is 11.6 Å². The highest BCUT2D eigenvalue weighted by atomic mass is 19.1. The number of ether oxygens (including phenoxy) is 2. The van der Waals surface area contributed by atoms with E-state index in [1.807, 2.05) is 0 Å². The Hall–Kier alpha value is -2.14. The quantitative estimate of drug-likeness (QED) is 0.915. The van der Waals surface area contributed by atoms with Crippen LogP contribution in [0.1, 0.15) is 11.1 Å². The van der Waals surface area contributed by atoms with Crippen LogP contribution in [-0.4, -0.2) is 12.2 Å². The predicted molar refractivity (Wildman–Crippen MR) is 69.6 cm³/mol. The molecule has 0 aliphatic heterocycles. The molecular formula is C15H14F2O3. The van der Waals surface area contributed by atoms with E-state index in [4.69, 9.17) is 9.47 Å². The summed E-state index contributed by atoms with van der Waals surface area (Å²) in [5.74, 6) is -0.276. The third kappa shape index (κ3) is 3.24. The summed E-state index contributed by atoms with van der Waals surface area (Å²) in [6.07, 6.45) is 0. The second-order valence-corrected chi connectivity index (χ2v) is 4.16. The van der Waals surface area contributed by atoms with Gasteiger partial charge in [-0.2, -0.15) is 0 Å². The van der Waals surface area contributed by atoms with Crippen LogP contribution >= 0.6 is 0 Å². The molecule has 0 bridgehead atoms. The fourth-order valence-corrected chi connectivity index (χ4v) is 1.74. The second-order valence-electron chi connectivity index (χ2n) is 4.16. The number of hydrogen-bond donors (Lipinski definition) is 1. The van der Waals surface area contributed by atoms with Gasteiger partial charge in [-0.3, -0.25) is 0 Å². The zero-order chi connectivity index (χ0) is 14.5. The molecule has 106 valence electrons. The highest BCUT2D eigenvalue weighted by Gasteiger charge is 2.08. The molecule has 2 aromatic rings. The van der Waals surface area contributed by atoms with Crippen molar-refractivity contribution in [1.82, 2.24) is 0 Å². The van der Waals surface area contributed by atoms with Crippen molar-refractivity contribution in [1.29, 1.82) is 0 Å². The maximum absolute atomic E-state index is 13.5. The van der Waals surface area contributed by atoms with Gasteiger partial charge in [-0.25, -0.2) is 8.78 Å². The van der Waals surface area contributed by atoms with Gasteiger partial charge in [0.15, 0.2) is 0 Å². The maximum atomic E-state index is 13.5. The standard InChI is InChI=1S/C15H14F2O3/c1-19-13-4-5-15(11(6-13)8-18)20-9-10-2-3-12(16)7-14(10)17/h2-7,18H,8-9H2,1H3. The Balaban J connectivity index is 2.14. The monoisotopic (exact) mass is 280 g/mol. The summed E-state index contributed by atoms with van der Waals surface area (Å²) in [5.41, 5.74) is 0.776. The van der Waals surface area contributed by atoms with Crippen LogP contribution in [0.25, 0.3) is 0 Å². The van der Waals surface area contributed by atoms with E-state index in [0.717, 1.165) is 6.07 Å². The van der Waals surface area contributed by atoms with Crippen LogP contribution in [0, 0.1) is 11.6 Å². The van der Waals surface area contributed by atoms with Gasteiger partial charge in [-0.05, 0) is 30.3 Å². The van der Waals surface area contributed by atoms with Gasteiger partial charge in [0.05, 0.1) is 13.7 Å². The molecule has 0 aromatic heterocycles. The molecule has 5 heteroatoms. The van der Waals surface area contributed by atoms with Crippen LogP contribution < -0.4 is 9.47 Å². The van der Waals surface area contributed by atoms with Gasteiger partial charge in [-0.1, -0.05) is 0 Å². The Bertz CT molecular complexity index is 600. The van der Waals surface area contributed by atoms with Crippen LogP contribution in [0.3, 0.4) is 0 Å². The largest absolute Gasteiger partial charge is 0.497 e.